The Bertz CT molecular complexity index is 204. The van der Waals surface area contributed by atoms with Crippen molar-refractivity contribution in [3.05, 3.63) is 0 Å². The maximum absolute atomic E-state index is 11.6. The molecule has 1 heterocycles. The zero-order chi connectivity index (χ0) is 11.3. The molecular weight excluding hydrogens is 188 g/mol. The van der Waals surface area contributed by atoms with Gasteiger partial charge in [0.2, 0.25) is 5.91 Å². The third-order valence-electron chi connectivity index (χ3n) is 3.00. The van der Waals surface area contributed by atoms with Crippen molar-refractivity contribution in [1.29, 1.82) is 0 Å². The smallest absolute Gasteiger partial charge is 0.237 e. The zero-order valence-corrected chi connectivity index (χ0v) is 10.3. The van der Waals surface area contributed by atoms with Gasteiger partial charge in [-0.15, -0.1) is 0 Å². The fraction of sp³-hybridized carbons (Fsp3) is 0.917. The van der Waals surface area contributed by atoms with Crippen LogP contribution < -0.4 is 5.32 Å². The minimum Gasteiger partial charge on any atom is -0.326 e. The van der Waals surface area contributed by atoms with Gasteiger partial charge in [-0.3, -0.25) is 10.1 Å². The Balaban J connectivity index is 2.33. The van der Waals surface area contributed by atoms with Crippen molar-refractivity contribution in [2.45, 2.75) is 52.6 Å². The molecule has 88 valence electrons. The van der Waals surface area contributed by atoms with Gasteiger partial charge in [0.25, 0.3) is 0 Å². The van der Waals surface area contributed by atoms with E-state index in [0.29, 0.717) is 12.5 Å². The second-order valence-corrected chi connectivity index (χ2v) is 4.72. The number of nitrogens with zero attached hydrogens (tertiary/aromatic N) is 1. The van der Waals surface area contributed by atoms with Gasteiger partial charge in [0.15, 0.2) is 0 Å². The first-order chi connectivity index (χ1) is 7.16. The lowest BCUT2D eigenvalue weighted by atomic mass is 10.1. The Kier molecular flexibility index (Phi) is 5.09. The number of unbranched alkanes of at least 4 members (excludes halogenated alkanes) is 3. The standard InChI is InChI=1S/C12H24N2O/c1-4-5-6-7-8-14-11(15)9-13-12(14)10(2)3/h10,12-13H,4-9H2,1-3H3. The Labute approximate surface area is 93.2 Å². The van der Waals surface area contributed by atoms with E-state index in [1.807, 2.05) is 4.90 Å². The van der Waals surface area contributed by atoms with E-state index in [9.17, 15) is 4.79 Å². The predicted octanol–water partition coefficient (Wildman–Crippen LogP) is 1.98. The molecule has 0 aromatic carbocycles. The molecule has 1 aliphatic rings. The molecule has 0 saturated carbocycles. The molecule has 0 aliphatic carbocycles. The summed E-state index contributed by atoms with van der Waals surface area (Å²) in [6.45, 7) is 7.98. The van der Waals surface area contributed by atoms with E-state index in [0.717, 1.165) is 13.0 Å². The highest BCUT2D eigenvalue weighted by atomic mass is 16.2. The Morgan fingerprint density at radius 1 is 1.40 bits per heavy atom. The minimum absolute atomic E-state index is 0.263. The Hall–Kier alpha value is -0.570. The van der Waals surface area contributed by atoms with Crippen molar-refractivity contribution in [3.63, 3.8) is 0 Å². The van der Waals surface area contributed by atoms with E-state index >= 15 is 0 Å². The fourth-order valence-electron chi connectivity index (χ4n) is 2.13. The van der Waals surface area contributed by atoms with Crippen molar-refractivity contribution in [2.24, 2.45) is 5.92 Å². The average molecular weight is 212 g/mol. The van der Waals surface area contributed by atoms with E-state index in [-0.39, 0.29) is 12.1 Å². The summed E-state index contributed by atoms with van der Waals surface area (Å²) in [5.74, 6) is 0.771. The SMILES string of the molecule is CCCCCCN1C(=O)CNC1C(C)C. The zero-order valence-electron chi connectivity index (χ0n) is 10.3. The summed E-state index contributed by atoms with van der Waals surface area (Å²) in [5, 5.41) is 3.27. The maximum atomic E-state index is 11.6. The van der Waals surface area contributed by atoms with Crippen molar-refractivity contribution in [1.82, 2.24) is 10.2 Å². The van der Waals surface area contributed by atoms with E-state index in [1.54, 1.807) is 0 Å². The highest BCUT2D eigenvalue weighted by Crippen LogP contribution is 2.14. The van der Waals surface area contributed by atoms with Gasteiger partial charge in [-0.1, -0.05) is 40.0 Å². The fourth-order valence-corrected chi connectivity index (χ4v) is 2.13. The van der Waals surface area contributed by atoms with Crippen molar-refractivity contribution < 1.29 is 4.79 Å². The lowest BCUT2D eigenvalue weighted by Crippen LogP contribution is -2.41. The lowest BCUT2D eigenvalue weighted by Gasteiger charge is -2.27. The van der Waals surface area contributed by atoms with Crippen LogP contribution in [0.4, 0.5) is 0 Å². The topological polar surface area (TPSA) is 32.3 Å². The van der Waals surface area contributed by atoms with E-state index < -0.39 is 0 Å². The largest absolute Gasteiger partial charge is 0.326 e. The molecule has 0 spiro atoms. The van der Waals surface area contributed by atoms with E-state index in [4.69, 9.17) is 0 Å². The number of nitrogens with one attached hydrogen (secondary N) is 1. The number of hydrogen-bond acceptors (Lipinski definition) is 2. The molecule has 3 heteroatoms. The van der Waals surface area contributed by atoms with Gasteiger partial charge in [-0.05, 0) is 12.3 Å². The van der Waals surface area contributed by atoms with Crippen LogP contribution in [0, 0.1) is 5.92 Å². The summed E-state index contributed by atoms with van der Waals surface area (Å²) in [6.07, 6.45) is 5.18. The molecule has 1 unspecified atom stereocenters. The third-order valence-corrected chi connectivity index (χ3v) is 3.00. The van der Waals surface area contributed by atoms with Crippen LogP contribution >= 0.6 is 0 Å². The average Bonchev–Trinajstić information content (AvgIpc) is 2.55. The molecule has 1 saturated heterocycles. The number of carbonyl (C=O) groups is 1. The number of carbonyl (C=O) groups excluding carboxylic acids is 1. The number of hydrogen-bond donors (Lipinski definition) is 1. The van der Waals surface area contributed by atoms with Crippen LogP contribution in [-0.2, 0) is 4.79 Å². The van der Waals surface area contributed by atoms with Crippen LogP contribution in [0.25, 0.3) is 0 Å². The van der Waals surface area contributed by atoms with Crippen LogP contribution in [0.5, 0.6) is 0 Å². The van der Waals surface area contributed by atoms with Crippen LogP contribution in [0.1, 0.15) is 46.5 Å². The van der Waals surface area contributed by atoms with Gasteiger partial charge in [0.1, 0.15) is 0 Å². The number of rotatable bonds is 6. The summed E-state index contributed by atoms with van der Waals surface area (Å²) >= 11 is 0. The van der Waals surface area contributed by atoms with Crippen LogP contribution in [0.15, 0.2) is 0 Å². The Morgan fingerprint density at radius 2 is 2.13 bits per heavy atom. The van der Waals surface area contributed by atoms with Gasteiger partial charge in [0.05, 0.1) is 12.7 Å². The molecule has 0 aromatic rings. The maximum Gasteiger partial charge on any atom is 0.237 e. The van der Waals surface area contributed by atoms with E-state index in [1.165, 1.54) is 19.3 Å². The molecule has 1 amide bonds. The second-order valence-electron chi connectivity index (χ2n) is 4.72. The molecule has 15 heavy (non-hydrogen) atoms. The van der Waals surface area contributed by atoms with Crippen molar-refractivity contribution in [3.8, 4) is 0 Å². The van der Waals surface area contributed by atoms with Gasteiger partial charge < -0.3 is 4.90 Å². The molecule has 0 bridgehead atoms. The first kappa shape index (κ1) is 12.5. The highest BCUT2D eigenvalue weighted by Gasteiger charge is 2.31. The quantitative estimate of drug-likeness (QED) is 0.683. The van der Waals surface area contributed by atoms with Crippen LogP contribution in [0.3, 0.4) is 0 Å². The molecule has 1 N–H and O–H groups in total. The predicted molar refractivity (Wildman–Crippen MR) is 62.5 cm³/mol. The molecule has 0 aromatic heterocycles. The van der Waals surface area contributed by atoms with Gasteiger partial charge in [-0.25, -0.2) is 0 Å². The second kappa shape index (κ2) is 6.11. The molecule has 1 fully saturated rings. The lowest BCUT2D eigenvalue weighted by molar-refractivity contribution is -0.128. The summed E-state index contributed by atoms with van der Waals surface area (Å²) in [4.78, 5) is 13.6. The summed E-state index contributed by atoms with van der Waals surface area (Å²) in [5.41, 5.74) is 0. The van der Waals surface area contributed by atoms with Gasteiger partial charge in [0, 0.05) is 6.54 Å². The summed E-state index contributed by atoms with van der Waals surface area (Å²) < 4.78 is 0. The number of amides is 1. The first-order valence-electron chi connectivity index (χ1n) is 6.19. The molecule has 1 rings (SSSR count). The highest BCUT2D eigenvalue weighted by molar-refractivity contribution is 5.80. The van der Waals surface area contributed by atoms with Crippen LogP contribution in [-0.4, -0.2) is 30.1 Å². The van der Waals surface area contributed by atoms with Gasteiger partial charge >= 0.3 is 0 Å². The molecule has 1 aliphatic heterocycles. The molecule has 1 atom stereocenters. The third kappa shape index (κ3) is 3.49. The van der Waals surface area contributed by atoms with Crippen LogP contribution in [0.2, 0.25) is 0 Å². The summed E-state index contributed by atoms with van der Waals surface area (Å²) in [7, 11) is 0. The normalized spacial score (nSPS) is 21.7. The summed E-state index contributed by atoms with van der Waals surface area (Å²) in [6, 6.07) is 0. The molecule has 3 nitrogen and oxygen atoms in total. The Morgan fingerprint density at radius 3 is 2.73 bits per heavy atom. The first-order valence-corrected chi connectivity index (χ1v) is 6.19. The minimum atomic E-state index is 0.263. The molecular formula is C12H24N2O. The monoisotopic (exact) mass is 212 g/mol. The van der Waals surface area contributed by atoms with Crippen molar-refractivity contribution in [2.75, 3.05) is 13.1 Å². The van der Waals surface area contributed by atoms with Gasteiger partial charge in [-0.2, -0.15) is 0 Å². The van der Waals surface area contributed by atoms with Crippen molar-refractivity contribution >= 4 is 5.91 Å². The molecule has 0 radical (unpaired) electrons. The van der Waals surface area contributed by atoms with E-state index in [2.05, 4.69) is 26.1 Å².